The molecule has 0 aromatic heterocycles. The predicted molar refractivity (Wildman–Crippen MR) is 87.7 cm³/mol. The van der Waals surface area contributed by atoms with Gasteiger partial charge in [-0.05, 0) is 38.2 Å². The fourth-order valence-corrected chi connectivity index (χ4v) is 2.69. The van der Waals surface area contributed by atoms with Crippen molar-refractivity contribution >= 4 is 29.1 Å². The van der Waals surface area contributed by atoms with Gasteiger partial charge in [0.05, 0.1) is 17.6 Å². The first kappa shape index (κ1) is 17.1. The molecule has 0 saturated heterocycles. The number of carbonyl (C=O) groups is 1. The third kappa shape index (κ3) is 4.36. The van der Waals surface area contributed by atoms with Crippen molar-refractivity contribution in [2.75, 3.05) is 27.2 Å². The molecule has 1 aromatic rings. The number of amides is 1. The van der Waals surface area contributed by atoms with Crippen LogP contribution in [0.15, 0.2) is 24.3 Å². The van der Waals surface area contributed by atoms with Gasteiger partial charge in [-0.3, -0.25) is 4.79 Å². The van der Waals surface area contributed by atoms with Crippen LogP contribution in [0.4, 0.5) is 0 Å². The van der Waals surface area contributed by atoms with Gasteiger partial charge in [0, 0.05) is 19.6 Å². The van der Waals surface area contributed by atoms with E-state index in [1.807, 2.05) is 31.1 Å². The normalized spacial score (nSPS) is 18.8. The van der Waals surface area contributed by atoms with Gasteiger partial charge in [0.25, 0.3) is 0 Å². The van der Waals surface area contributed by atoms with Crippen molar-refractivity contribution < 1.29 is 4.79 Å². The monoisotopic (exact) mass is 339 g/mol. The summed E-state index contributed by atoms with van der Waals surface area (Å²) in [5.74, 6) is -0.312. The molecule has 0 heterocycles. The van der Waals surface area contributed by atoms with Gasteiger partial charge in [-0.1, -0.05) is 12.1 Å². The third-order valence-corrected chi connectivity index (χ3v) is 4.54. The molecule has 118 valence electrons. The highest BCUT2D eigenvalue weighted by Crippen LogP contribution is 2.54. The zero-order chi connectivity index (χ0) is 16.3. The van der Waals surface area contributed by atoms with Gasteiger partial charge in [0.1, 0.15) is 4.33 Å². The van der Waals surface area contributed by atoms with E-state index in [1.165, 1.54) is 0 Å². The molecular formula is C16H19Cl2N3O. The maximum absolute atomic E-state index is 12.5. The van der Waals surface area contributed by atoms with Crippen molar-refractivity contribution in [2.45, 2.75) is 17.3 Å². The van der Waals surface area contributed by atoms with E-state index in [4.69, 9.17) is 28.5 Å². The Balaban J connectivity index is 2.06. The van der Waals surface area contributed by atoms with Crippen LogP contribution >= 0.6 is 23.2 Å². The quantitative estimate of drug-likeness (QED) is 0.748. The van der Waals surface area contributed by atoms with Crippen LogP contribution in [0, 0.1) is 17.2 Å². The summed E-state index contributed by atoms with van der Waals surface area (Å²) in [6.45, 7) is 1.89. The van der Waals surface area contributed by atoms with E-state index in [1.54, 1.807) is 17.0 Å². The molecule has 0 spiro atoms. The number of rotatable bonds is 6. The molecule has 1 aromatic carbocycles. The van der Waals surface area contributed by atoms with E-state index in [2.05, 4.69) is 6.07 Å². The lowest BCUT2D eigenvalue weighted by Crippen LogP contribution is -2.38. The molecule has 0 radical (unpaired) electrons. The summed E-state index contributed by atoms with van der Waals surface area (Å²) in [6.07, 6.45) is 0.515. The number of nitrogens with zero attached hydrogens (tertiary/aromatic N) is 3. The zero-order valence-electron chi connectivity index (χ0n) is 12.7. The topological polar surface area (TPSA) is 47.3 Å². The van der Waals surface area contributed by atoms with Crippen LogP contribution in [-0.4, -0.2) is 47.2 Å². The minimum Gasteiger partial charge on any atom is -0.337 e. The fraction of sp³-hybridized carbons (Fsp3) is 0.500. The lowest BCUT2D eigenvalue weighted by molar-refractivity contribution is -0.133. The number of nitriles is 1. The van der Waals surface area contributed by atoms with Gasteiger partial charge in [0.15, 0.2) is 0 Å². The van der Waals surface area contributed by atoms with E-state index in [0.29, 0.717) is 25.1 Å². The van der Waals surface area contributed by atoms with Crippen molar-refractivity contribution in [1.82, 2.24) is 9.80 Å². The van der Waals surface area contributed by atoms with Crippen molar-refractivity contribution in [2.24, 2.45) is 5.92 Å². The van der Waals surface area contributed by atoms with E-state index < -0.39 is 4.33 Å². The fourth-order valence-electron chi connectivity index (χ4n) is 2.19. The highest BCUT2D eigenvalue weighted by Gasteiger charge is 2.57. The standard InChI is InChI=1S/C16H19Cl2N3O/c1-20(2)7-8-21(15(22)14-9-16(14,17)18)11-13-5-3-12(10-19)4-6-13/h3-6,14H,7-9,11H2,1-2H3. The summed E-state index contributed by atoms with van der Waals surface area (Å²) in [5.41, 5.74) is 1.60. The minimum atomic E-state index is -0.905. The number of alkyl halides is 2. The van der Waals surface area contributed by atoms with Gasteiger partial charge in [-0.2, -0.15) is 5.26 Å². The van der Waals surface area contributed by atoms with Crippen LogP contribution in [0.3, 0.4) is 0 Å². The first-order valence-electron chi connectivity index (χ1n) is 7.14. The van der Waals surface area contributed by atoms with Crippen LogP contribution in [0.25, 0.3) is 0 Å². The number of carbonyl (C=O) groups excluding carboxylic acids is 1. The van der Waals surface area contributed by atoms with E-state index in [-0.39, 0.29) is 11.8 Å². The molecule has 1 atom stereocenters. The molecule has 1 amide bonds. The largest absolute Gasteiger partial charge is 0.337 e. The van der Waals surface area contributed by atoms with Crippen LogP contribution in [0.2, 0.25) is 0 Å². The molecule has 0 bridgehead atoms. The van der Waals surface area contributed by atoms with Crippen molar-refractivity contribution in [3.8, 4) is 6.07 Å². The number of benzene rings is 1. The molecule has 1 aliphatic rings. The van der Waals surface area contributed by atoms with Crippen LogP contribution < -0.4 is 0 Å². The van der Waals surface area contributed by atoms with Crippen LogP contribution in [0.5, 0.6) is 0 Å². The highest BCUT2D eigenvalue weighted by molar-refractivity contribution is 6.52. The minimum absolute atomic E-state index is 0.00351. The SMILES string of the molecule is CN(C)CCN(Cc1ccc(C#N)cc1)C(=O)C1CC1(Cl)Cl. The predicted octanol–water partition coefficient (Wildman–Crippen LogP) is 2.64. The number of halogens is 2. The maximum Gasteiger partial charge on any atom is 0.229 e. The number of hydrogen-bond acceptors (Lipinski definition) is 3. The summed E-state index contributed by atoms with van der Waals surface area (Å²) < 4.78 is -0.905. The summed E-state index contributed by atoms with van der Waals surface area (Å²) in [6, 6.07) is 9.35. The van der Waals surface area contributed by atoms with E-state index in [0.717, 1.165) is 12.1 Å². The first-order valence-corrected chi connectivity index (χ1v) is 7.89. The number of likely N-dealkylation sites (N-methyl/N-ethyl adjacent to an activating group) is 1. The van der Waals surface area contributed by atoms with E-state index >= 15 is 0 Å². The Morgan fingerprint density at radius 2 is 1.91 bits per heavy atom. The zero-order valence-corrected chi connectivity index (χ0v) is 14.2. The Hall–Kier alpha value is -1.28. The Morgan fingerprint density at radius 3 is 2.36 bits per heavy atom. The number of hydrogen-bond donors (Lipinski definition) is 0. The van der Waals surface area contributed by atoms with Gasteiger partial charge < -0.3 is 9.80 Å². The van der Waals surface area contributed by atoms with Crippen molar-refractivity contribution in [3.63, 3.8) is 0 Å². The van der Waals surface area contributed by atoms with Gasteiger partial charge in [-0.15, -0.1) is 23.2 Å². The molecular weight excluding hydrogens is 321 g/mol. The Labute approximate surface area is 141 Å². The van der Waals surface area contributed by atoms with E-state index in [9.17, 15) is 4.79 Å². The Morgan fingerprint density at radius 1 is 1.32 bits per heavy atom. The second-order valence-corrected chi connectivity index (χ2v) is 7.43. The molecule has 0 N–H and O–H groups in total. The van der Waals surface area contributed by atoms with Crippen molar-refractivity contribution in [1.29, 1.82) is 5.26 Å². The average molecular weight is 340 g/mol. The molecule has 22 heavy (non-hydrogen) atoms. The highest BCUT2D eigenvalue weighted by atomic mass is 35.5. The molecule has 6 heteroatoms. The van der Waals surface area contributed by atoms with Gasteiger partial charge in [0.2, 0.25) is 5.91 Å². The van der Waals surface area contributed by atoms with Gasteiger partial charge in [-0.25, -0.2) is 0 Å². The molecule has 1 fully saturated rings. The van der Waals surface area contributed by atoms with Crippen molar-refractivity contribution in [3.05, 3.63) is 35.4 Å². The molecule has 4 nitrogen and oxygen atoms in total. The summed E-state index contributed by atoms with van der Waals surface area (Å²) in [4.78, 5) is 16.4. The maximum atomic E-state index is 12.5. The molecule has 1 aliphatic carbocycles. The summed E-state index contributed by atoms with van der Waals surface area (Å²) in [5, 5.41) is 8.83. The Kier molecular flexibility index (Phi) is 5.33. The van der Waals surface area contributed by atoms with Gasteiger partial charge >= 0.3 is 0 Å². The molecule has 2 rings (SSSR count). The summed E-state index contributed by atoms with van der Waals surface area (Å²) in [7, 11) is 3.93. The molecule has 1 saturated carbocycles. The second-order valence-electron chi connectivity index (χ2n) is 5.89. The van der Waals surface area contributed by atoms with Crippen LogP contribution in [-0.2, 0) is 11.3 Å². The summed E-state index contributed by atoms with van der Waals surface area (Å²) >= 11 is 12.0. The lowest BCUT2D eigenvalue weighted by Gasteiger charge is -2.25. The second kappa shape index (κ2) is 6.87. The smallest absolute Gasteiger partial charge is 0.229 e. The average Bonchev–Trinajstić information content (AvgIpc) is 3.12. The van der Waals surface area contributed by atoms with Crippen LogP contribution in [0.1, 0.15) is 17.5 Å². The Bertz CT molecular complexity index is 578. The first-order chi connectivity index (χ1) is 10.3. The molecule has 1 unspecified atom stereocenters. The third-order valence-electron chi connectivity index (χ3n) is 3.71. The molecule has 0 aliphatic heterocycles. The lowest BCUT2D eigenvalue weighted by atomic mass is 10.1.